The summed E-state index contributed by atoms with van der Waals surface area (Å²) in [5, 5.41) is 3.30. The van der Waals surface area contributed by atoms with Crippen LogP contribution in [0.4, 0.5) is 0 Å². The highest BCUT2D eigenvalue weighted by Gasteiger charge is 2.05. The van der Waals surface area contributed by atoms with Crippen LogP contribution in [0.5, 0.6) is 0 Å². The van der Waals surface area contributed by atoms with Gasteiger partial charge in [-0.2, -0.15) is 0 Å². The average Bonchev–Trinajstić information content (AvgIpc) is 2.34. The Morgan fingerprint density at radius 3 is 2.32 bits per heavy atom. The quantitative estimate of drug-likeness (QED) is 0.716. The third-order valence-corrected chi connectivity index (χ3v) is 3.69. The monoisotopic (exact) mass is 284 g/mol. The molecule has 0 bridgehead atoms. The summed E-state index contributed by atoms with van der Waals surface area (Å²) in [6, 6.07) is 8.80. The van der Waals surface area contributed by atoms with Gasteiger partial charge in [-0.1, -0.05) is 37.6 Å². The lowest BCUT2D eigenvalue weighted by Gasteiger charge is -2.14. The molecule has 0 fully saturated rings. The Morgan fingerprint density at radius 2 is 1.79 bits per heavy atom. The van der Waals surface area contributed by atoms with Crippen molar-refractivity contribution in [2.45, 2.75) is 32.7 Å². The zero-order chi connectivity index (χ0) is 14.3. The number of sulfonamides is 1. The lowest BCUT2D eigenvalue weighted by atomic mass is 10.0. The van der Waals surface area contributed by atoms with Crippen LogP contribution in [0, 0.1) is 0 Å². The van der Waals surface area contributed by atoms with Gasteiger partial charge in [0.05, 0.1) is 6.26 Å². The van der Waals surface area contributed by atoms with Gasteiger partial charge in [0.2, 0.25) is 10.0 Å². The fourth-order valence-electron chi connectivity index (χ4n) is 1.90. The third-order valence-electron chi connectivity index (χ3n) is 2.96. The van der Waals surface area contributed by atoms with Crippen LogP contribution in [0.1, 0.15) is 37.4 Å². The highest BCUT2D eigenvalue weighted by molar-refractivity contribution is 7.88. The summed E-state index contributed by atoms with van der Waals surface area (Å²) >= 11 is 0. The van der Waals surface area contributed by atoms with E-state index < -0.39 is 10.0 Å². The van der Waals surface area contributed by atoms with Crippen molar-refractivity contribution >= 4 is 10.0 Å². The van der Waals surface area contributed by atoms with Gasteiger partial charge in [-0.25, -0.2) is 13.1 Å². The highest BCUT2D eigenvalue weighted by atomic mass is 32.2. The number of aryl methyl sites for hydroxylation is 1. The Kier molecular flexibility index (Phi) is 6.48. The molecule has 2 N–H and O–H groups in total. The molecule has 0 aliphatic rings. The van der Waals surface area contributed by atoms with E-state index in [1.54, 1.807) is 0 Å². The van der Waals surface area contributed by atoms with E-state index in [4.69, 9.17) is 0 Å². The van der Waals surface area contributed by atoms with Crippen molar-refractivity contribution in [2.75, 3.05) is 19.3 Å². The van der Waals surface area contributed by atoms with Crippen LogP contribution in [0.2, 0.25) is 0 Å². The summed E-state index contributed by atoms with van der Waals surface area (Å²) in [5.74, 6) is 0. The molecule has 1 aromatic carbocycles. The Balaban J connectivity index is 2.38. The van der Waals surface area contributed by atoms with Gasteiger partial charge >= 0.3 is 0 Å². The molecule has 1 aromatic rings. The topological polar surface area (TPSA) is 58.2 Å². The molecule has 108 valence electrons. The molecule has 1 unspecified atom stereocenters. The fraction of sp³-hybridized carbons (Fsp3) is 0.571. The van der Waals surface area contributed by atoms with Crippen LogP contribution in [0.3, 0.4) is 0 Å². The van der Waals surface area contributed by atoms with Crippen LogP contribution >= 0.6 is 0 Å². The minimum atomic E-state index is -3.09. The van der Waals surface area contributed by atoms with Crippen molar-refractivity contribution in [3.05, 3.63) is 35.4 Å². The van der Waals surface area contributed by atoms with E-state index in [1.165, 1.54) is 17.4 Å². The van der Waals surface area contributed by atoms with Crippen molar-refractivity contribution in [1.82, 2.24) is 10.0 Å². The van der Waals surface area contributed by atoms with E-state index in [9.17, 15) is 8.42 Å². The minimum Gasteiger partial charge on any atom is -0.309 e. The summed E-state index contributed by atoms with van der Waals surface area (Å²) in [6.07, 6.45) is 3.44. The molecule has 19 heavy (non-hydrogen) atoms. The number of benzene rings is 1. The minimum absolute atomic E-state index is 0.219. The first-order valence-electron chi connectivity index (χ1n) is 6.69. The first-order chi connectivity index (χ1) is 8.92. The molecule has 0 aliphatic heterocycles. The second kappa shape index (κ2) is 7.62. The Morgan fingerprint density at radius 1 is 1.16 bits per heavy atom. The van der Waals surface area contributed by atoms with Crippen molar-refractivity contribution in [3.63, 3.8) is 0 Å². The van der Waals surface area contributed by atoms with E-state index in [0.717, 1.165) is 12.8 Å². The molecular formula is C14H24N2O2S. The lowest BCUT2D eigenvalue weighted by Crippen LogP contribution is -2.32. The largest absolute Gasteiger partial charge is 0.309 e. The predicted octanol–water partition coefficient (Wildman–Crippen LogP) is 1.84. The molecule has 5 heteroatoms. The van der Waals surface area contributed by atoms with Gasteiger partial charge in [0, 0.05) is 19.1 Å². The molecule has 0 heterocycles. The highest BCUT2D eigenvalue weighted by Crippen LogP contribution is 2.13. The van der Waals surface area contributed by atoms with Crippen molar-refractivity contribution in [3.8, 4) is 0 Å². The molecule has 0 saturated carbocycles. The summed E-state index contributed by atoms with van der Waals surface area (Å²) in [6.45, 7) is 5.28. The Hall–Kier alpha value is -0.910. The Bertz CT molecular complexity index is 469. The van der Waals surface area contributed by atoms with Crippen LogP contribution < -0.4 is 10.0 Å². The van der Waals surface area contributed by atoms with Gasteiger partial charge in [0.25, 0.3) is 0 Å². The van der Waals surface area contributed by atoms with E-state index in [1.807, 2.05) is 0 Å². The van der Waals surface area contributed by atoms with Gasteiger partial charge in [0.1, 0.15) is 0 Å². The Labute approximate surface area is 116 Å². The molecule has 0 saturated heterocycles. The summed E-state index contributed by atoms with van der Waals surface area (Å²) in [4.78, 5) is 0. The molecule has 0 aromatic heterocycles. The van der Waals surface area contributed by atoms with Crippen molar-refractivity contribution in [1.29, 1.82) is 0 Å². The van der Waals surface area contributed by atoms with Gasteiger partial charge in [-0.15, -0.1) is 0 Å². The molecule has 4 nitrogen and oxygen atoms in total. The van der Waals surface area contributed by atoms with E-state index in [0.29, 0.717) is 13.1 Å². The van der Waals surface area contributed by atoms with E-state index >= 15 is 0 Å². The molecular weight excluding hydrogens is 260 g/mol. The van der Waals surface area contributed by atoms with E-state index in [-0.39, 0.29) is 6.04 Å². The summed E-state index contributed by atoms with van der Waals surface area (Å²) in [7, 11) is -3.09. The molecule has 0 radical (unpaired) electrons. The van der Waals surface area contributed by atoms with Crippen LogP contribution in [-0.2, 0) is 16.4 Å². The third kappa shape index (κ3) is 6.71. The molecule has 1 rings (SSSR count). The fourth-order valence-corrected chi connectivity index (χ4v) is 2.38. The number of rotatable bonds is 8. The first-order valence-corrected chi connectivity index (χ1v) is 8.58. The van der Waals surface area contributed by atoms with Gasteiger partial charge < -0.3 is 5.32 Å². The van der Waals surface area contributed by atoms with Crippen LogP contribution in [0.15, 0.2) is 24.3 Å². The lowest BCUT2D eigenvalue weighted by molar-refractivity contribution is 0.556. The van der Waals surface area contributed by atoms with E-state index in [2.05, 4.69) is 48.2 Å². The number of hydrogen-bond acceptors (Lipinski definition) is 3. The summed E-state index contributed by atoms with van der Waals surface area (Å²) in [5.41, 5.74) is 2.58. The summed E-state index contributed by atoms with van der Waals surface area (Å²) < 4.78 is 24.3. The van der Waals surface area contributed by atoms with Gasteiger partial charge in [-0.3, -0.25) is 0 Å². The van der Waals surface area contributed by atoms with Crippen LogP contribution in [-0.4, -0.2) is 27.8 Å². The zero-order valence-electron chi connectivity index (χ0n) is 11.9. The van der Waals surface area contributed by atoms with Crippen molar-refractivity contribution in [2.24, 2.45) is 0 Å². The smallest absolute Gasteiger partial charge is 0.208 e. The predicted molar refractivity (Wildman–Crippen MR) is 79.7 cm³/mol. The standard InChI is InChI=1S/C14H24N2O2S/c1-4-5-13-6-8-14(9-7-13)12(2)15-10-11-16-19(3,17)18/h6-9,12,15-16H,4-5,10-11H2,1-3H3. The maximum atomic E-state index is 10.9. The maximum Gasteiger partial charge on any atom is 0.208 e. The molecule has 0 aliphatic carbocycles. The molecule has 1 atom stereocenters. The number of hydrogen-bond donors (Lipinski definition) is 2. The SMILES string of the molecule is CCCc1ccc(C(C)NCCNS(C)(=O)=O)cc1. The molecule has 0 amide bonds. The zero-order valence-corrected chi connectivity index (χ0v) is 12.8. The van der Waals surface area contributed by atoms with Gasteiger partial charge in [-0.05, 0) is 24.5 Å². The van der Waals surface area contributed by atoms with Crippen molar-refractivity contribution < 1.29 is 8.42 Å². The number of nitrogens with one attached hydrogen (secondary N) is 2. The first kappa shape index (κ1) is 16.1. The molecule has 0 spiro atoms. The maximum absolute atomic E-state index is 10.9. The second-order valence-electron chi connectivity index (χ2n) is 4.83. The average molecular weight is 284 g/mol. The second-order valence-corrected chi connectivity index (χ2v) is 6.67. The normalized spacial score (nSPS) is 13.4. The van der Waals surface area contributed by atoms with Gasteiger partial charge in [0.15, 0.2) is 0 Å². The van der Waals surface area contributed by atoms with Crippen LogP contribution in [0.25, 0.3) is 0 Å².